The maximum Gasteiger partial charge on any atom is 0.341 e. The van der Waals surface area contributed by atoms with Crippen LogP contribution in [-0.2, 0) is 14.3 Å². The van der Waals surface area contributed by atoms with E-state index in [4.69, 9.17) is 9.47 Å². The predicted octanol–water partition coefficient (Wildman–Crippen LogP) is 9.87. The van der Waals surface area contributed by atoms with Crippen LogP contribution in [-0.4, -0.2) is 36.9 Å². The number of thioether (sulfide) groups is 1. The molecule has 3 amide bonds. The highest BCUT2D eigenvalue weighted by Crippen LogP contribution is 2.40. The Kier molecular flexibility index (Phi) is 13.5. The largest absolute Gasteiger partial charge is 0.494 e. The molecule has 9 nitrogen and oxygen atoms in total. The molecular weight excluding hydrogens is 743 g/mol. The Labute approximate surface area is 333 Å². The number of nitrogens with one attached hydrogen (secondary N) is 3. The highest BCUT2D eigenvalue weighted by atomic mass is 32.2. The first kappa shape index (κ1) is 39.3. The van der Waals surface area contributed by atoms with Crippen molar-refractivity contribution in [2.75, 3.05) is 23.8 Å². The van der Waals surface area contributed by atoms with Gasteiger partial charge in [-0.2, -0.15) is 0 Å². The van der Waals surface area contributed by atoms with Crippen LogP contribution >= 0.6 is 23.1 Å². The Balaban J connectivity index is 1.25. The number of hydrogen-bond acceptors (Lipinski definition) is 8. The zero-order valence-corrected chi connectivity index (χ0v) is 32.3. The monoisotopic (exact) mass is 781 g/mol. The second-order valence-electron chi connectivity index (χ2n) is 12.2. The molecular formula is C45H39N3O6S2. The fourth-order valence-electron chi connectivity index (χ4n) is 5.68. The van der Waals surface area contributed by atoms with Gasteiger partial charge in [-0.25, -0.2) is 4.79 Å². The van der Waals surface area contributed by atoms with Gasteiger partial charge in [0, 0.05) is 27.1 Å². The normalized spacial score (nSPS) is 11.6. The number of ether oxygens (including phenoxy) is 2. The third-order valence-corrected chi connectivity index (χ3v) is 10.5. The first-order valence-electron chi connectivity index (χ1n) is 17.9. The van der Waals surface area contributed by atoms with E-state index in [0.717, 1.165) is 11.1 Å². The molecule has 6 rings (SSSR count). The minimum Gasteiger partial charge on any atom is -0.494 e. The topological polar surface area (TPSA) is 123 Å². The molecule has 3 N–H and O–H groups in total. The zero-order chi connectivity index (χ0) is 39.3. The average Bonchev–Trinajstić information content (AvgIpc) is 3.65. The van der Waals surface area contributed by atoms with E-state index >= 15 is 0 Å². The third kappa shape index (κ3) is 10.2. The van der Waals surface area contributed by atoms with Crippen molar-refractivity contribution < 1.29 is 28.7 Å². The molecule has 0 aliphatic carbocycles. The summed E-state index contributed by atoms with van der Waals surface area (Å²) in [4.78, 5) is 55.2. The lowest BCUT2D eigenvalue weighted by molar-refractivity contribution is -0.116. The van der Waals surface area contributed by atoms with Crippen molar-refractivity contribution in [3.63, 3.8) is 0 Å². The second-order valence-corrected chi connectivity index (χ2v) is 14.3. The van der Waals surface area contributed by atoms with Gasteiger partial charge in [-0.15, -0.1) is 23.1 Å². The molecule has 1 atom stereocenters. The van der Waals surface area contributed by atoms with Crippen molar-refractivity contribution in [1.29, 1.82) is 0 Å². The number of rotatable bonds is 15. The summed E-state index contributed by atoms with van der Waals surface area (Å²) >= 11 is 2.55. The van der Waals surface area contributed by atoms with Crippen LogP contribution in [0.1, 0.15) is 50.9 Å². The number of benzene rings is 5. The van der Waals surface area contributed by atoms with Gasteiger partial charge in [0.15, 0.2) is 0 Å². The summed E-state index contributed by atoms with van der Waals surface area (Å²) in [5.74, 6) is -1.15. The van der Waals surface area contributed by atoms with Gasteiger partial charge in [0.05, 0.1) is 13.2 Å². The fourth-order valence-corrected chi connectivity index (χ4v) is 7.73. The quantitative estimate of drug-likeness (QED) is 0.0539. The van der Waals surface area contributed by atoms with E-state index in [1.165, 1.54) is 23.1 Å². The van der Waals surface area contributed by atoms with Crippen LogP contribution in [0.2, 0.25) is 0 Å². The molecule has 1 unspecified atom stereocenters. The van der Waals surface area contributed by atoms with Crippen LogP contribution < -0.4 is 20.7 Å². The summed E-state index contributed by atoms with van der Waals surface area (Å²) in [6.45, 7) is 4.34. The first-order valence-corrected chi connectivity index (χ1v) is 19.7. The number of carbonyl (C=O) groups excluding carboxylic acids is 4. The van der Waals surface area contributed by atoms with Crippen molar-refractivity contribution in [1.82, 2.24) is 5.32 Å². The van der Waals surface area contributed by atoms with Gasteiger partial charge >= 0.3 is 5.97 Å². The Morgan fingerprint density at radius 2 is 1.43 bits per heavy atom. The number of hydrogen-bond donors (Lipinski definition) is 3. The fraction of sp³-hybridized carbons (Fsp3) is 0.111. The summed E-state index contributed by atoms with van der Waals surface area (Å²) < 4.78 is 11.0. The second kappa shape index (κ2) is 19.2. The van der Waals surface area contributed by atoms with Gasteiger partial charge in [-0.05, 0) is 79.1 Å². The van der Waals surface area contributed by atoms with Crippen LogP contribution in [0, 0.1) is 0 Å². The third-order valence-electron chi connectivity index (χ3n) is 8.31. The van der Waals surface area contributed by atoms with Crippen LogP contribution in [0.3, 0.4) is 0 Å². The van der Waals surface area contributed by atoms with E-state index in [2.05, 4.69) is 16.0 Å². The van der Waals surface area contributed by atoms with E-state index in [9.17, 15) is 19.2 Å². The van der Waals surface area contributed by atoms with Crippen molar-refractivity contribution in [3.8, 4) is 16.9 Å². The molecule has 1 aromatic heterocycles. The SMILES string of the molecule is CCOC(=O)c1c(-c2ccccc2)csc1NC(=O)C(Sc1cccc(NC(=O)/C(=C\c2ccc(OCC)cc2)NC(=O)c2ccccc2)c1)c1ccccc1. The van der Waals surface area contributed by atoms with Crippen molar-refractivity contribution in [3.05, 3.63) is 173 Å². The summed E-state index contributed by atoms with van der Waals surface area (Å²) in [5.41, 5.74) is 4.11. The number of carbonyl (C=O) groups is 4. The minimum atomic E-state index is -0.736. The van der Waals surface area contributed by atoms with Crippen molar-refractivity contribution in [2.24, 2.45) is 0 Å². The maximum atomic E-state index is 14.2. The van der Waals surface area contributed by atoms with Crippen molar-refractivity contribution >= 4 is 63.6 Å². The Hall–Kier alpha value is -6.43. The van der Waals surface area contributed by atoms with Crippen LogP contribution in [0.5, 0.6) is 5.75 Å². The number of esters is 1. The van der Waals surface area contributed by atoms with Crippen LogP contribution in [0.15, 0.2) is 155 Å². The van der Waals surface area contributed by atoms with Gasteiger partial charge in [-0.1, -0.05) is 97.1 Å². The number of amides is 3. The summed E-state index contributed by atoms with van der Waals surface area (Å²) in [6, 6.07) is 41.8. The lowest BCUT2D eigenvalue weighted by atomic mass is 10.0. The molecule has 0 saturated carbocycles. The molecule has 0 bridgehead atoms. The molecule has 5 aromatic carbocycles. The standard InChI is InChI=1S/C45H39N3O6S2/c1-3-53-35-25-23-30(24-26-35)27-38(47-41(49)33-19-12-7-13-20-33)42(50)46-34-21-14-22-36(28-34)56-40(32-17-10-6-11-18-32)43(51)48-44-39(45(52)54-4-2)37(29-55-44)31-15-8-5-9-16-31/h5-29,40H,3-4H2,1-2H3,(H,46,50)(H,47,49)(H,48,51)/b38-27+. The Morgan fingerprint density at radius 3 is 2.11 bits per heavy atom. The molecule has 282 valence electrons. The predicted molar refractivity (Wildman–Crippen MR) is 224 cm³/mol. The van der Waals surface area contributed by atoms with Crippen LogP contribution in [0.25, 0.3) is 17.2 Å². The highest BCUT2D eigenvalue weighted by molar-refractivity contribution is 8.00. The van der Waals surface area contributed by atoms with E-state index in [1.807, 2.05) is 85.1 Å². The van der Waals surface area contributed by atoms with Gasteiger partial charge in [0.2, 0.25) is 5.91 Å². The Morgan fingerprint density at radius 1 is 0.750 bits per heavy atom. The summed E-state index contributed by atoms with van der Waals surface area (Å²) in [7, 11) is 0. The number of thiophene rings is 1. The van der Waals surface area contributed by atoms with E-state index < -0.39 is 23.0 Å². The van der Waals surface area contributed by atoms with E-state index in [1.54, 1.807) is 79.7 Å². The zero-order valence-electron chi connectivity index (χ0n) is 30.7. The van der Waals surface area contributed by atoms with Gasteiger partial charge in [0.25, 0.3) is 11.8 Å². The highest BCUT2D eigenvalue weighted by Gasteiger charge is 2.27. The summed E-state index contributed by atoms with van der Waals surface area (Å²) in [6.07, 6.45) is 1.60. The van der Waals surface area contributed by atoms with Gasteiger partial charge in [0.1, 0.15) is 27.3 Å². The first-order chi connectivity index (χ1) is 27.3. The maximum absolute atomic E-state index is 14.2. The average molecular weight is 782 g/mol. The molecule has 0 spiro atoms. The molecule has 0 aliphatic heterocycles. The number of anilines is 2. The minimum absolute atomic E-state index is 0.0332. The van der Waals surface area contributed by atoms with Crippen molar-refractivity contribution in [2.45, 2.75) is 24.0 Å². The lowest BCUT2D eigenvalue weighted by Gasteiger charge is -2.18. The molecule has 0 saturated heterocycles. The molecule has 56 heavy (non-hydrogen) atoms. The smallest absolute Gasteiger partial charge is 0.341 e. The molecule has 1 heterocycles. The van der Waals surface area contributed by atoms with Gasteiger partial charge < -0.3 is 25.4 Å². The van der Waals surface area contributed by atoms with Crippen LogP contribution in [0.4, 0.5) is 10.7 Å². The molecule has 11 heteroatoms. The lowest BCUT2D eigenvalue weighted by Crippen LogP contribution is -2.30. The summed E-state index contributed by atoms with van der Waals surface area (Å²) in [5, 5.41) is 10.2. The Bertz CT molecular complexity index is 2310. The van der Waals surface area contributed by atoms with Gasteiger partial charge in [-0.3, -0.25) is 14.4 Å². The molecule has 0 aliphatic rings. The molecule has 0 radical (unpaired) electrons. The van der Waals surface area contributed by atoms with E-state index in [0.29, 0.717) is 50.2 Å². The molecule has 6 aromatic rings. The molecule has 0 fully saturated rings. The van der Waals surface area contributed by atoms with E-state index in [-0.39, 0.29) is 18.2 Å².